The zero-order valence-electron chi connectivity index (χ0n) is 13.5. The Kier molecular flexibility index (Phi) is 4.06. The van der Waals surface area contributed by atoms with Gasteiger partial charge in [0.25, 0.3) is 0 Å². The Morgan fingerprint density at radius 3 is 2.75 bits per heavy atom. The van der Waals surface area contributed by atoms with Gasteiger partial charge >= 0.3 is 0 Å². The van der Waals surface area contributed by atoms with Crippen molar-refractivity contribution in [1.82, 2.24) is 25.8 Å². The molecule has 1 fully saturated rings. The highest BCUT2D eigenvalue weighted by molar-refractivity contribution is 5.90. The summed E-state index contributed by atoms with van der Waals surface area (Å²) in [6.45, 7) is 4.00. The molecule has 1 saturated heterocycles. The third-order valence-corrected chi connectivity index (χ3v) is 4.47. The third-order valence-electron chi connectivity index (χ3n) is 4.47. The van der Waals surface area contributed by atoms with E-state index in [1.54, 1.807) is 12.4 Å². The average Bonchev–Trinajstić information content (AvgIpc) is 3.05. The first kappa shape index (κ1) is 15.0. The molecule has 1 aromatic carbocycles. The summed E-state index contributed by atoms with van der Waals surface area (Å²) in [6, 6.07) is 12.4. The van der Waals surface area contributed by atoms with Crippen molar-refractivity contribution in [3.63, 3.8) is 0 Å². The first-order valence-corrected chi connectivity index (χ1v) is 8.21. The van der Waals surface area contributed by atoms with Crippen molar-refractivity contribution in [2.24, 2.45) is 5.92 Å². The van der Waals surface area contributed by atoms with Gasteiger partial charge in [-0.25, -0.2) is 9.97 Å². The lowest BCUT2D eigenvalue weighted by Crippen LogP contribution is -2.30. The van der Waals surface area contributed by atoms with Crippen LogP contribution in [0.3, 0.4) is 0 Å². The first-order valence-electron chi connectivity index (χ1n) is 8.21. The van der Waals surface area contributed by atoms with E-state index >= 15 is 0 Å². The maximum absolute atomic E-state index is 4.77. The van der Waals surface area contributed by atoms with Crippen molar-refractivity contribution in [2.75, 3.05) is 18.4 Å². The van der Waals surface area contributed by atoms with E-state index in [1.807, 2.05) is 30.3 Å². The molecule has 24 heavy (non-hydrogen) atoms. The number of hydrogen-bond acceptors (Lipinski definition) is 6. The number of hydrazine groups is 1. The normalized spacial score (nSPS) is 20.4. The number of nitrogens with zero attached hydrogens (tertiary/aromatic N) is 3. The summed E-state index contributed by atoms with van der Waals surface area (Å²) in [4.78, 5) is 13.5. The molecule has 1 aliphatic heterocycles. The highest BCUT2D eigenvalue weighted by Crippen LogP contribution is 2.25. The molecule has 3 heterocycles. The van der Waals surface area contributed by atoms with Crippen LogP contribution in [0.1, 0.15) is 6.92 Å². The van der Waals surface area contributed by atoms with E-state index in [0.717, 1.165) is 35.4 Å². The molecule has 0 spiro atoms. The molecule has 1 aliphatic rings. The van der Waals surface area contributed by atoms with Gasteiger partial charge in [-0.2, -0.15) is 0 Å². The van der Waals surface area contributed by atoms with Crippen LogP contribution in [-0.2, 0) is 0 Å². The lowest BCUT2D eigenvalue weighted by Gasteiger charge is -2.16. The van der Waals surface area contributed by atoms with E-state index in [2.05, 4.69) is 34.1 Å². The number of nitrogens with one attached hydrogen (secondary N) is 3. The van der Waals surface area contributed by atoms with Gasteiger partial charge in [0, 0.05) is 48.4 Å². The van der Waals surface area contributed by atoms with Crippen molar-refractivity contribution in [2.45, 2.75) is 13.0 Å². The van der Waals surface area contributed by atoms with E-state index in [-0.39, 0.29) is 0 Å². The van der Waals surface area contributed by atoms with Crippen LogP contribution in [0.5, 0.6) is 0 Å². The lowest BCUT2D eigenvalue weighted by atomic mass is 10.0. The summed E-state index contributed by atoms with van der Waals surface area (Å²) in [5, 5.41) is 4.57. The molecule has 4 rings (SSSR count). The second-order valence-electron chi connectivity index (χ2n) is 6.10. The summed E-state index contributed by atoms with van der Waals surface area (Å²) >= 11 is 0. The zero-order chi connectivity index (χ0) is 16.4. The molecular formula is C18H20N6. The molecule has 0 amide bonds. The van der Waals surface area contributed by atoms with E-state index in [9.17, 15) is 0 Å². The van der Waals surface area contributed by atoms with E-state index in [0.29, 0.717) is 17.8 Å². The summed E-state index contributed by atoms with van der Waals surface area (Å²) in [7, 11) is 0. The van der Waals surface area contributed by atoms with E-state index < -0.39 is 0 Å². The Morgan fingerprint density at radius 1 is 1.12 bits per heavy atom. The van der Waals surface area contributed by atoms with Crippen LogP contribution >= 0.6 is 0 Å². The fourth-order valence-electron chi connectivity index (χ4n) is 2.96. The molecule has 0 bridgehead atoms. The number of aromatic nitrogens is 3. The van der Waals surface area contributed by atoms with Crippen molar-refractivity contribution in [1.29, 1.82) is 0 Å². The van der Waals surface area contributed by atoms with Crippen LogP contribution < -0.4 is 16.2 Å². The second kappa shape index (κ2) is 6.51. The minimum absolute atomic E-state index is 0.435. The number of fused-ring (bicyclic) bond motifs is 1. The number of anilines is 1. The van der Waals surface area contributed by atoms with Crippen molar-refractivity contribution < 1.29 is 0 Å². The average molecular weight is 320 g/mol. The Labute approximate surface area is 140 Å². The minimum atomic E-state index is 0.435. The van der Waals surface area contributed by atoms with Gasteiger partial charge in [-0.15, -0.1) is 0 Å². The van der Waals surface area contributed by atoms with Crippen molar-refractivity contribution in [3.05, 3.63) is 48.8 Å². The molecule has 2 atom stereocenters. The van der Waals surface area contributed by atoms with Crippen molar-refractivity contribution >= 4 is 16.7 Å². The molecule has 6 nitrogen and oxygen atoms in total. The fraction of sp³-hybridized carbons (Fsp3) is 0.278. The van der Waals surface area contributed by atoms with Gasteiger partial charge in [0.2, 0.25) is 0 Å². The van der Waals surface area contributed by atoms with Crippen LogP contribution in [0.15, 0.2) is 48.8 Å². The molecule has 3 aromatic rings. The Balaban J connectivity index is 1.70. The fourth-order valence-corrected chi connectivity index (χ4v) is 2.96. The van der Waals surface area contributed by atoms with Gasteiger partial charge in [0.1, 0.15) is 5.82 Å². The highest BCUT2D eigenvalue weighted by Gasteiger charge is 2.22. The largest absolute Gasteiger partial charge is 0.369 e. The summed E-state index contributed by atoms with van der Waals surface area (Å²) in [5.41, 5.74) is 8.36. The molecular weight excluding hydrogens is 300 g/mol. The molecule has 2 aromatic heterocycles. The maximum atomic E-state index is 4.77. The number of benzene rings is 1. The van der Waals surface area contributed by atoms with Gasteiger partial charge in [-0.05, 0) is 31.2 Å². The van der Waals surface area contributed by atoms with Gasteiger partial charge in [0.15, 0.2) is 5.82 Å². The van der Waals surface area contributed by atoms with E-state index in [1.165, 1.54) is 0 Å². The number of pyridine rings is 1. The number of hydrogen-bond donors (Lipinski definition) is 3. The monoisotopic (exact) mass is 320 g/mol. The van der Waals surface area contributed by atoms with Gasteiger partial charge < -0.3 is 5.32 Å². The molecule has 6 heteroatoms. The standard InChI is InChI=1S/C18H20N6/c1-12-14(11-21-24-12)10-20-18-15-4-2-3-5-16(15)22-17(23-18)13-6-8-19-9-7-13/h2-9,12,14,21,24H,10-11H2,1H3,(H,20,22,23). The SMILES string of the molecule is CC1NNCC1CNc1nc(-c2ccncc2)nc2ccccc12. The topological polar surface area (TPSA) is 74.8 Å². The predicted octanol–water partition coefficient (Wildman–Crippen LogP) is 2.22. The third kappa shape index (κ3) is 2.93. The molecule has 2 unspecified atom stereocenters. The van der Waals surface area contributed by atoms with Crippen LogP contribution in [0.2, 0.25) is 0 Å². The predicted molar refractivity (Wildman–Crippen MR) is 95.3 cm³/mol. The van der Waals surface area contributed by atoms with Gasteiger partial charge in [-0.3, -0.25) is 15.8 Å². The second-order valence-corrected chi connectivity index (χ2v) is 6.10. The molecule has 122 valence electrons. The zero-order valence-corrected chi connectivity index (χ0v) is 13.5. The lowest BCUT2D eigenvalue weighted by molar-refractivity contribution is 0.509. The quantitative estimate of drug-likeness (QED) is 0.684. The van der Waals surface area contributed by atoms with Gasteiger partial charge in [0.05, 0.1) is 5.52 Å². The van der Waals surface area contributed by atoms with Crippen LogP contribution in [0.25, 0.3) is 22.3 Å². The Bertz CT molecular complexity index is 835. The first-order chi connectivity index (χ1) is 11.8. The number of rotatable bonds is 4. The van der Waals surface area contributed by atoms with Crippen LogP contribution in [0, 0.1) is 5.92 Å². The Morgan fingerprint density at radius 2 is 1.96 bits per heavy atom. The minimum Gasteiger partial charge on any atom is -0.369 e. The summed E-state index contributed by atoms with van der Waals surface area (Å²) in [5.74, 6) is 2.11. The Hall–Kier alpha value is -2.57. The smallest absolute Gasteiger partial charge is 0.162 e. The maximum Gasteiger partial charge on any atom is 0.162 e. The molecule has 0 radical (unpaired) electrons. The van der Waals surface area contributed by atoms with Crippen LogP contribution in [-0.4, -0.2) is 34.1 Å². The van der Waals surface area contributed by atoms with Crippen LogP contribution in [0.4, 0.5) is 5.82 Å². The molecule has 3 N–H and O–H groups in total. The molecule has 0 saturated carbocycles. The molecule has 0 aliphatic carbocycles. The highest BCUT2D eigenvalue weighted by atomic mass is 15.4. The summed E-state index contributed by atoms with van der Waals surface area (Å²) in [6.07, 6.45) is 3.52. The van der Waals surface area contributed by atoms with Crippen molar-refractivity contribution in [3.8, 4) is 11.4 Å². The van der Waals surface area contributed by atoms with E-state index in [4.69, 9.17) is 9.97 Å². The number of para-hydroxylation sites is 1. The van der Waals surface area contributed by atoms with Gasteiger partial charge in [-0.1, -0.05) is 12.1 Å². The summed E-state index contributed by atoms with van der Waals surface area (Å²) < 4.78 is 0.